The topological polar surface area (TPSA) is 105 Å². The second-order valence-corrected chi connectivity index (χ2v) is 9.92. The van der Waals surface area contributed by atoms with Crippen LogP contribution in [0.1, 0.15) is 24.1 Å². The number of nitrogens with one attached hydrogen (secondary N) is 3. The van der Waals surface area contributed by atoms with Crippen LogP contribution in [0.4, 0.5) is 10.2 Å². The zero-order chi connectivity index (χ0) is 26.8. The zero-order valence-corrected chi connectivity index (χ0v) is 21.2. The summed E-state index contributed by atoms with van der Waals surface area (Å²) in [6.45, 7) is 0.622. The van der Waals surface area contributed by atoms with Gasteiger partial charge in [-0.25, -0.2) is 9.37 Å². The van der Waals surface area contributed by atoms with Gasteiger partial charge in [-0.2, -0.15) is 0 Å². The van der Waals surface area contributed by atoms with Crippen molar-refractivity contribution < 1.29 is 9.18 Å². The Morgan fingerprint density at radius 2 is 1.85 bits per heavy atom. The van der Waals surface area contributed by atoms with Crippen LogP contribution in [0.3, 0.4) is 0 Å². The molecule has 0 saturated heterocycles. The van der Waals surface area contributed by atoms with E-state index in [1.807, 2.05) is 42.5 Å². The van der Waals surface area contributed by atoms with Crippen molar-refractivity contribution in [3.05, 3.63) is 113 Å². The Labute approximate surface area is 223 Å². The number of H-pyrrole nitrogens is 1. The van der Waals surface area contributed by atoms with Gasteiger partial charge in [0.05, 0.1) is 18.4 Å². The lowest BCUT2D eigenvalue weighted by molar-refractivity contribution is -0.121. The molecule has 9 heteroatoms. The minimum atomic E-state index is -0.377. The van der Waals surface area contributed by atoms with Crippen LogP contribution in [-0.2, 0) is 23.3 Å². The summed E-state index contributed by atoms with van der Waals surface area (Å²) in [7, 11) is 0. The Hall–Kier alpha value is -4.79. The van der Waals surface area contributed by atoms with E-state index in [1.54, 1.807) is 30.7 Å². The molecule has 1 aliphatic carbocycles. The van der Waals surface area contributed by atoms with Crippen molar-refractivity contribution >= 4 is 22.6 Å². The maximum absolute atomic E-state index is 13.6. The normalized spacial score (nSPS) is 13.8. The van der Waals surface area contributed by atoms with Crippen molar-refractivity contribution in [3.8, 4) is 11.3 Å². The highest BCUT2D eigenvalue weighted by Gasteiger charge is 2.44. The molecule has 5 aromatic rings. The molecule has 8 nitrogen and oxygen atoms in total. The van der Waals surface area contributed by atoms with Crippen molar-refractivity contribution in [3.63, 3.8) is 0 Å². The maximum atomic E-state index is 13.6. The van der Waals surface area contributed by atoms with Gasteiger partial charge in [0.25, 0.3) is 5.56 Å². The molecule has 0 radical (unpaired) electrons. The molecule has 3 heterocycles. The van der Waals surface area contributed by atoms with Gasteiger partial charge in [0.2, 0.25) is 5.91 Å². The van der Waals surface area contributed by atoms with Crippen molar-refractivity contribution in [2.45, 2.75) is 31.3 Å². The largest absolute Gasteiger partial charge is 0.365 e. The molecule has 1 aliphatic rings. The fourth-order valence-electron chi connectivity index (χ4n) is 4.90. The van der Waals surface area contributed by atoms with Gasteiger partial charge in [-0.15, -0.1) is 0 Å². The summed E-state index contributed by atoms with van der Waals surface area (Å²) in [5.41, 5.74) is 3.62. The number of hydrogen-bond donors (Lipinski definition) is 3. The zero-order valence-electron chi connectivity index (χ0n) is 21.2. The van der Waals surface area contributed by atoms with Gasteiger partial charge in [0.15, 0.2) is 5.82 Å². The van der Waals surface area contributed by atoms with E-state index in [-0.39, 0.29) is 35.1 Å². The van der Waals surface area contributed by atoms with Gasteiger partial charge in [-0.1, -0.05) is 42.5 Å². The molecule has 0 aliphatic heterocycles. The third-order valence-electron chi connectivity index (χ3n) is 7.28. The van der Waals surface area contributed by atoms with Crippen LogP contribution in [0.25, 0.3) is 22.2 Å². The van der Waals surface area contributed by atoms with Crippen LogP contribution in [0, 0.1) is 5.82 Å². The number of aromatic amines is 1. The summed E-state index contributed by atoms with van der Waals surface area (Å²) in [6, 6.07) is 19.7. The summed E-state index contributed by atoms with van der Waals surface area (Å²) >= 11 is 0. The maximum Gasteiger partial charge on any atom is 0.294 e. The molecule has 1 amide bonds. The molecule has 0 unspecified atom stereocenters. The number of carbonyl (C=O) groups is 1. The van der Waals surface area contributed by atoms with Crippen LogP contribution >= 0.6 is 0 Å². The first-order valence-electron chi connectivity index (χ1n) is 12.8. The molecule has 0 spiro atoms. The number of hydrogen-bond acceptors (Lipinski definition) is 5. The predicted octanol–water partition coefficient (Wildman–Crippen LogP) is 4.39. The first-order valence-corrected chi connectivity index (χ1v) is 12.8. The van der Waals surface area contributed by atoms with Gasteiger partial charge in [0.1, 0.15) is 12.4 Å². The smallest absolute Gasteiger partial charge is 0.294 e. The third-order valence-corrected chi connectivity index (χ3v) is 7.28. The molecule has 0 atom stereocenters. The molecule has 1 saturated carbocycles. The van der Waals surface area contributed by atoms with Gasteiger partial charge >= 0.3 is 0 Å². The first kappa shape index (κ1) is 24.5. The molecular formula is C30H27FN6O2. The molecule has 3 aromatic heterocycles. The minimum absolute atomic E-state index is 0.156. The van der Waals surface area contributed by atoms with E-state index in [4.69, 9.17) is 0 Å². The molecule has 2 aromatic carbocycles. The van der Waals surface area contributed by atoms with E-state index >= 15 is 0 Å². The van der Waals surface area contributed by atoms with Gasteiger partial charge < -0.3 is 15.6 Å². The molecule has 6 rings (SSSR count). The van der Waals surface area contributed by atoms with Crippen LogP contribution < -0.4 is 16.2 Å². The number of halogens is 1. The second kappa shape index (κ2) is 10.2. The van der Waals surface area contributed by atoms with E-state index in [2.05, 4.69) is 25.6 Å². The molecule has 196 valence electrons. The van der Waals surface area contributed by atoms with Gasteiger partial charge in [-0.3, -0.25) is 19.1 Å². The average Bonchev–Trinajstić information content (AvgIpc) is 3.63. The monoisotopic (exact) mass is 522 g/mol. The van der Waals surface area contributed by atoms with E-state index < -0.39 is 0 Å². The van der Waals surface area contributed by atoms with Crippen LogP contribution in [-0.4, -0.2) is 32.0 Å². The summed E-state index contributed by atoms with van der Waals surface area (Å²) in [5.74, 6) is -0.393. The Bertz CT molecular complexity index is 1660. The second-order valence-electron chi connectivity index (χ2n) is 9.92. The Balaban J connectivity index is 1.22. The summed E-state index contributed by atoms with van der Waals surface area (Å²) in [5, 5.41) is 7.08. The third kappa shape index (κ3) is 5.16. The number of anilines is 1. The SMILES string of the molecule is O=C(Cn1c(-c2ccccc2)cnc(NCC2(c3ccc(F)cc3)CC2)c1=O)NCc1cc2cnccc2[nH]1. The number of amides is 1. The number of fused-ring (bicyclic) bond motifs is 1. The quantitative estimate of drug-likeness (QED) is 0.266. The Morgan fingerprint density at radius 3 is 2.59 bits per heavy atom. The first-order chi connectivity index (χ1) is 19.0. The van der Waals surface area contributed by atoms with E-state index in [0.29, 0.717) is 18.8 Å². The fourth-order valence-corrected chi connectivity index (χ4v) is 4.90. The number of rotatable bonds is 9. The summed E-state index contributed by atoms with van der Waals surface area (Å²) < 4.78 is 14.9. The molecular weight excluding hydrogens is 495 g/mol. The minimum Gasteiger partial charge on any atom is -0.365 e. The standard InChI is InChI=1S/C30H27FN6O2/c31-23-8-6-22(7-9-23)30(11-12-30)19-35-28-29(39)37(26(17-34-28)20-4-2-1-3-5-20)18-27(38)33-16-24-14-21-15-32-13-10-25(21)36-24/h1-10,13-15,17,36H,11-12,16,18-19H2,(H,33,38)(H,34,35). The summed E-state index contributed by atoms with van der Waals surface area (Å²) in [4.78, 5) is 38.4. The highest BCUT2D eigenvalue weighted by atomic mass is 19.1. The lowest BCUT2D eigenvalue weighted by Gasteiger charge is -2.18. The Morgan fingerprint density at radius 1 is 1.05 bits per heavy atom. The highest BCUT2D eigenvalue weighted by molar-refractivity contribution is 5.80. The van der Waals surface area contributed by atoms with E-state index in [9.17, 15) is 14.0 Å². The molecule has 1 fully saturated rings. The van der Waals surface area contributed by atoms with Crippen LogP contribution in [0.15, 0.2) is 90.1 Å². The number of pyridine rings is 1. The number of benzene rings is 2. The molecule has 0 bridgehead atoms. The number of nitrogens with zero attached hydrogens (tertiary/aromatic N) is 3. The highest BCUT2D eigenvalue weighted by Crippen LogP contribution is 2.48. The van der Waals surface area contributed by atoms with Gasteiger partial charge in [-0.05, 0) is 48.2 Å². The van der Waals surface area contributed by atoms with E-state index in [0.717, 1.165) is 40.6 Å². The molecule has 39 heavy (non-hydrogen) atoms. The van der Waals surface area contributed by atoms with E-state index in [1.165, 1.54) is 16.7 Å². The van der Waals surface area contributed by atoms with Crippen LogP contribution in [0.2, 0.25) is 0 Å². The van der Waals surface area contributed by atoms with Crippen molar-refractivity contribution in [2.24, 2.45) is 0 Å². The summed E-state index contributed by atoms with van der Waals surface area (Å²) in [6.07, 6.45) is 6.96. The van der Waals surface area contributed by atoms with Crippen molar-refractivity contribution in [2.75, 3.05) is 11.9 Å². The predicted molar refractivity (Wildman–Crippen MR) is 148 cm³/mol. The lowest BCUT2D eigenvalue weighted by atomic mass is 9.96. The fraction of sp³-hybridized carbons (Fsp3) is 0.200. The average molecular weight is 523 g/mol. The lowest BCUT2D eigenvalue weighted by Crippen LogP contribution is -2.35. The van der Waals surface area contributed by atoms with Crippen molar-refractivity contribution in [1.82, 2.24) is 24.8 Å². The van der Waals surface area contributed by atoms with Crippen LogP contribution in [0.5, 0.6) is 0 Å². The number of carbonyl (C=O) groups excluding carboxylic acids is 1. The number of aromatic nitrogens is 4. The molecule has 3 N–H and O–H groups in total. The van der Waals surface area contributed by atoms with Crippen molar-refractivity contribution in [1.29, 1.82) is 0 Å². The van der Waals surface area contributed by atoms with Gasteiger partial charge in [0, 0.05) is 41.0 Å². The Kier molecular flexibility index (Phi) is 6.40.